The van der Waals surface area contributed by atoms with Crippen LogP contribution in [-0.4, -0.2) is 57.3 Å². The average molecular weight is 210 g/mol. The maximum absolute atomic E-state index is 5.48. The van der Waals surface area contributed by atoms with Gasteiger partial charge in [0.05, 0.1) is 19.8 Å². The molecule has 0 amide bonds. The number of hydrogen-bond acceptors (Lipinski definition) is 3. The number of halogens is 1. The predicted molar refractivity (Wildman–Crippen MR) is 55.5 cm³/mol. The summed E-state index contributed by atoms with van der Waals surface area (Å²) in [5, 5.41) is 0. The lowest BCUT2D eigenvalue weighted by Gasteiger charge is -2.19. The van der Waals surface area contributed by atoms with Crippen molar-refractivity contribution >= 4 is 11.6 Å². The molecule has 0 bridgehead atoms. The molecule has 0 saturated carbocycles. The van der Waals surface area contributed by atoms with Gasteiger partial charge in [-0.25, -0.2) is 0 Å². The Morgan fingerprint density at radius 1 is 1.15 bits per heavy atom. The second-order valence-electron chi connectivity index (χ2n) is 2.73. The number of rotatable bonds is 9. The van der Waals surface area contributed by atoms with Crippen molar-refractivity contribution in [2.45, 2.75) is 6.92 Å². The van der Waals surface area contributed by atoms with Crippen molar-refractivity contribution in [3.63, 3.8) is 0 Å². The molecular formula is C9H20ClNO2. The van der Waals surface area contributed by atoms with Crippen LogP contribution in [0, 0.1) is 0 Å². The highest BCUT2D eigenvalue weighted by Crippen LogP contribution is 1.88. The standard InChI is InChI=1S/C9H20ClNO2/c1-3-11(5-8-12-2)6-9-13-7-4-10/h3-9H2,1-2H3. The van der Waals surface area contributed by atoms with Crippen LogP contribution in [0.4, 0.5) is 0 Å². The molecule has 0 unspecified atom stereocenters. The van der Waals surface area contributed by atoms with Crippen LogP contribution in [-0.2, 0) is 9.47 Å². The largest absolute Gasteiger partial charge is 0.383 e. The van der Waals surface area contributed by atoms with Gasteiger partial charge in [-0.1, -0.05) is 6.92 Å². The van der Waals surface area contributed by atoms with E-state index in [0.29, 0.717) is 12.5 Å². The lowest BCUT2D eigenvalue weighted by atomic mass is 10.5. The van der Waals surface area contributed by atoms with E-state index in [9.17, 15) is 0 Å². The Bertz CT molecular complexity index is 104. The molecule has 0 spiro atoms. The first kappa shape index (κ1) is 13.2. The fraction of sp³-hybridized carbons (Fsp3) is 1.00. The van der Waals surface area contributed by atoms with Crippen molar-refractivity contribution in [1.29, 1.82) is 0 Å². The summed E-state index contributed by atoms with van der Waals surface area (Å²) in [6, 6.07) is 0. The maximum Gasteiger partial charge on any atom is 0.0602 e. The van der Waals surface area contributed by atoms with Gasteiger partial charge in [-0.3, -0.25) is 4.90 Å². The summed E-state index contributed by atoms with van der Waals surface area (Å²) < 4.78 is 10.3. The summed E-state index contributed by atoms with van der Waals surface area (Å²) in [5.74, 6) is 0.574. The lowest BCUT2D eigenvalue weighted by molar-refractivity contribution is 0.0981. The summed E-state index contributed by atoms with van der Waals surface area (Å²) in [4.78, 5) is 2.29. The van der Waals surface area contributed by atoms with Gasteiger partial charge < -0.3 is 9.47 Å². The predicted octanol–water partition coefficient (Wildman–Crippen LogP) is 1.21. The summed E-state index contributed by atoms with van der Waals surface area (Å²) >= 11 is 5.48. The zero-order chi connectivity index (χ0) is 9.94. The Labute approximate surface area is 85.9 Å². The normalized spacial score (nSPS) is 11.1. The summed E-state index contributed by atoms with van der Waals surface area (Å²) in [5.41, 5.74) is 0. The van der Waals surface area contributed by atoms with Crippen LogP contribution in [0.5, 0.6) is 0 Å². The molecule has 0 saturated heterocycles. The van der Waals surface area contributed by atoms with E-state index >= 15 is 0 Å². The number of methoxy groups -OCH3 is 1. The van der Waals surface area contributed by atoms with E-state index in [0.717, 1.165) is 32.8 Å². The zero-order valence-corrected chi connectivity index (χ0v) is 9.35. The number of hydrogen-bond donors (Lipinski definition) is 0. The SMILES string of the molecule is CCN(CCOC)CCOCCCl. The molecule has 13 heavy (non-hydrogen) atoms. The van der Waals surface area contributed by atoms with Crippen LogP contribution in [0.2, 0.25) is 0 Å². The van der Waals surface area contributed by atoms with Crippen LogP contribution in [0.1, 0.15) is 6.92 Å². The molecule has 0 aliphatic rings. The number of ether oxygens (including phenoxy) is 2. The van der Waals surface area contributed by atoms with Crippen LogP contribution >= 0.6 is 11.6 Å². The van der Waals surface area contributed by atoms with Crippen molar-refractivity contribution in [3.05, 3.63) is 0 Å². The number of likely N-dealkylation sites (N-methyl/N-ethyl adjacent to an activating group) is 1. The van der Waals surface area contributed by atoms with Gasteiger partial charge >= 0.3 is 0 Å². The van der Waals surface area contributed by atoms with Gasteiger partial charge in [0.25, 0.3) is 0 Å². The highest BCUT2D eigenvalue weighted by atomic mass is 35.5. The fourth-order valence-electron chi connectivity index (χ4n) is 0.999. The summed E-state index contributed by atoms with van der Waals surface area (Å²) in [7, 11) is 1.72. The molecule has 0 N–H and O–H groups in total. The molecule has 0 radical (unpaired) electrons. The Balaban J connectivity index is 3.25. The van der Waals surface area contributed by atoms with Gasteiger partial charge in [-0.2, -0.15) is 0 Å². The quantitative estimate of drug-likeness (QED) is 0.421. The zero-order valence-electron chi connectivity index (χ0n) is 8.59. The van der Waals surface area contributed by atoms with Crippen LogP contribution in [0.25, 0.3) is 0 Å². The molecule has 0 aromatic carbocycles. The highest BCUT2D eigenvalue weighted by molar-refractivity contribution is 6.17. The Morgan fingerprint density at radius 2 is 1.85 bits per heavy atom. The lowest BCUT2D eigenvalue weighted by Crippen LogP contribution is -2.30. The van der Waals surface area contributed by atoms with E-state index in [4.69, 9.17) is 21.1 Å². The van der Waals surface area contributed by atoms with Crippen LogP contribution in [0.15, 0.2) is 0 Å². The molecule has 0 fully saturated rings. The second-order valence-corrected chi connectivity index (χ2v) is 3.11. The first-order chi connectivity index (χ1) is 6.35. The molecule has 0 heterocycles. The third kappa shape index (κ3) is 8.50. The van der Waals surface area contributed by atoms with E-state index in [2.05, 4.69) is 11.8 Å². The van der Waals surface area contributed by atoms with Crippen molar-refractivity contribution in [2.24, 2.45) is 0 Å². The smallest absolute Gasteiger partial charge is 0.0602 e. The third-order valence-electron chi connectivity index (χ3n) is 1.83. The summed E-state index contributed by atoms with van der Waals surface area (Å²) in [6.45, 7) is 7.27. The molecule has 4 heteroatoms. The maximum atomic E-state index is 5.48. The van der Waals surface area contributed by atoms with E-state index < -0.39 is 0 Å². The molecule has 0 aromatic rings. The van der Waals surface area contributed by atoms with Crippen molar-refractivity contribution < 1.29 is 9.47 Å². The number of alkyl halides is 1. The minimum atomic E-state index is 0.574. The van der Waals surface area contributed by atoms with Crippen molar-refractivity contribution in [1.82, 2.24) is 4.90 Å². The van der Waals surface area contributed by atoms with Crippen molar-refractivity contribution in [3.8, 4) is 0 Å². The molecule has 0 aliphatic carbocycles. The Morgan fingerprint density at radius 3 is 2.38 bits per heavy atom. The van der Waals surface area contributed by atoms with Crippen LogP contribution < -0.4 is 0 Å². The second kappa shape index (κ2) is 10.3. The Kier molecular flexibility index (Phi) is 10.4. The monoisotopic (exact) mass is 209 g/mol. The van der Waals surface area contributed by atoms with Gasteiger partial charge in [-0.05, 0) is 6.54 Å². The van der Waals surface area contributed by atoms with Gasteiger partial charge in [-0.15, -0.1) is 11.6 Å². The van der Waals surface area contributed by atoms with Gasteiger partial charge in [0.2, 0.25) is 0 Å². The van der Waals surface area contributed by atoms with Gasteiger partial charge in [0, 0.05) is 26.1 Å². The third-order valence-corrected chi connectivity index (χ3v) is 1.99. The van der Waals surface area contributed by atoms with Gasteiger partial charge in [0.1, 0.15) is 0 Å². The number of nitrogens with zero attached hydrogens (tertiary/aromatic N) is 1. The topological polar surface area (TPSA) is 21.7 Å². The minimum Gasteiger partial charge on any atom is -0.383 e. The van der Waals surface area contributed by atoms with E-state index in [1.165, 1.54) is 0 Å². The molecule has 0 atom stereocenters. The van der Waals surface area contributed by atoms with Gasteiger partial charge in [0.15, 0.2) is 0 Å². The molecule has 0 aliphatic heterocycles. The molecule has 3 nitrogen and oxygen atoms in total. The molecule has 0 aromatic heterocycles. The fourth-order valence-corrected chi connectivity index (χ4v) is 1.11. The Hall–Kier alpha value is 0.170. The summed E-state index contributed by atoms with van der Waals surface area (Å²) in [6.07, 6.45) is 0. The molecular weight excluding hydrogens is 190 g/mol. The van der Waals surface area contributed by atoms with Crippen LogP contribution in [0.3, 0.4) is 0 Å². The van der Waals surface area contributed by atoms with E-state index in [1.54, 1.807) is 7.11 Å². The first-order valence-electron chi connectivity index (χ1n) is 4.70. The molecule has 80 valence electrons. The van der Waals surface area contributed by atoms with E-state index in [1.807, 2.05) is 0 Å². The highest BCUT2D eigenvalue weighted by Gasteiger charge is 2.00. The van der Waals surface area contributed by atoms with E-state index in [-0.39, 0.29) is 0 Å². The average Bonchev–Trinajstić information content (AvgIpc) is 2.17. The van der Waals surface area contributed by atoms with Crippen molar-refractivity contribution in [2.75, 3.05) is 52.4 Å². The minimum absolute atomic E-state index is 0.574. The molecule has 0 rings (SSSR count). The first-order valence-corrected chi connectivity index (χ1v) is 5.23.